The average molecular weight is 194 g/mol. The summed E-state index contributed by atoms with van der Waals surface area (Å²) in [4.78, 5) is 19.9. The molecule has 0 aliphatic carbocycles. The number of hydrogen-bond acceptors (Lipinski definition) is 3. The van der Waals surface area contributed by atoms with Gasteiger partial charge in [0, 0.05) is 6.54 Å². The van der Waals surface area contributed by atoms with Gasteiger partial charge in [0.05, 0.1) is 0 Å². The normalized spacial score (nSPS) is 30.1. The molecule has 1 amide bonds. The molecule has 2 atom stereocenters. The Kier molecular flexibility index (Phi) is 2.53. The molecule has 1 aliphatic heterocycles. The van der Waals surface area contributed by atoms with Gasteiger partial charge in [0.25, 0.3) is 13.4 Å². The second-order valence-electron chi connectivity index (χ2n) is 2.79. The molecule has 12 heavy (non-hydrogen) atoms. The molecule has 4 N–H and O–H groups in total. The number of nitrogens with two attached hydrogens (primary N) is 1. The van der Waals surface area contributed by atoms with Crippen LogP contribution in [0.4, 0.5) is 0 Å². The van der Waals surface area contributed by atoms with Crippen LogP contribution in [0, 0.1) is 0 Å². The molecule has 0 saturated carbocycles. The maximum atomic E-state index is 11.0. The molecule has 0 aromatic heterocycles. The van der Waals surface area contributed by atoms with Gasteiger partial charge in [-0.2, -0.15) is 0 Å². The number of nitrogens with zero attached hydrogens (tertiary/aromatic N) is 1. The summed E-state index contributed by atoms with van der Waals surface area (Å²) in [7, 11) is -3.89. The Morgan fingerprint density at radius 3 is 2.67 bits per heavy atom. The molecule has 0 spiro atoms. The third-order valence-electron chi connectivity index (χ3n) is 1.83. The van der Waals surface area contributed by atoms with E-state index >= 15 is 0 Å². The van der Waals surface area contributed by atoms with Gasteiger partial charge in [0.2, 0.25) is 0 Å². The zero-order valence-corrected chi connectivity index (χ0v) is 7.28. The average Bonchev–Trinajstić information content (AvgIpc) is 1.92. The van der Waals surface area contributed by atoms with Gasteiger partial charge in [-0.15, -0.1) is 0 Å². The van der Waals surface area contributed by atoms with E-state index < -0.39 is 19.1 Å². The number of hydrogen-bond donors (Lipinski definition) is 3. The second-order valence-corrected chi connectivity index (χ2v) is 4.76. The van der Waals surface area contributed by atoms with Crippen molar-refractivity contribution >= 4 is 13.4 Å². The Bertz CT molecular complexity index is 238. The van der Waals surface area contributed by atoms with E-state index in [2.05, 4.69) is 0 Å². The van der Waals surface area contributed by atoms with Gasteiger partial charge in [-0.25, -0.2) is 5.06 Å². The molecule has 1 rings (SSSR count). The lowest BCUT2D eigenvalue weighted by molar-refractivity contribution is -0.169. The van der Waals surface area contributed by atoms with E-state index in [9.17, 15) is 9.36 Å². The molecule has 0 aromatic rings. The fraction of sp³-hybridized carbons (Fsp3) is 0.800. The number of carbonyl (C=O) groups is 1. The minimum Gasteiger partial charge on any atom is -0.333 e. The summed E-state index contributed by atoms with van der Waals surface area (Å²) in [6, 6.07) is 0. The van der Waals surface area contributed by atoms with Gasteiger partial charge in [0.15, 0.2) is 0 Å². The molecule has 0 aromatic carbocycles. The summed E-state index contributed by atoms with van der Waals surface area (Å²) < 4.78 is 10.9. The first kappa shape index (κ1) is 9.67. The number of hydroxylamine groups is 2. The van der Waals surface area contributed by atoms with Crippen molar-refractivity contribution < 1.29 is 19.5 Å². The molecule has 1 saturated heterocycles. The summed E-state index contributed by atoms with van der Waals surface area (Å²) in [6.07, 6.45) is 0.759. The molecule has 1 fully saturated rings. The molecule has 0 bridgehead atoms. The molecule has 7 heteroatoms. The smallest absolute Gasteiger partial charge is 0.277 e. The summed E-state index contributed by atoms with van der Waals surface area (Å²) in [5.74, 6) is -0.755. The monoisotopic (exact) mass is 194 g/mol. The van der Waals surface area contributed by atoms with Crippen LogP contribution in [-0.4, -0.2) is 33.3 Å². The van der Waals surface area contributed by atoms with Crippen molar-refractivity contribution in [2.45, 2.75) is 18.5 Å². The van der Waals surface area contributed by atoms with Crippen LogP contribution in [0.5, 0.6) is 0 Å². The minimum atomic E-state index is -3.89. The Hall–Kier alpha value is -0.420. The first-order valence-corrected chi connectivity index (χ1v) is 5.34. The topological polar surface area (TPSA) is 104 Å². The maximum absolute atomic E-state index is 11.0. The van der Waals surface area contributed by atoms with Gasteiger partial charge in [-0.3, -0.25) is 20.1 Å². The van der Waals surface area contributed by atoms with Gasteiger partial charge in [0.1, 0.15) is 5.66 Å². The zero-order chi connectivity index (χ0) is 9.35. The molecule has 0 radical (unpaired) electrons. The highest BCUT2D eigenvalue weighted by molar-refractivity contribution is 7.57. The lowest BCUT2D eigenvalue weighted by atomic mass is 10.1. The van der Waals surface area contributed by atoms with Crippen LogP contribution in [-0.2, 0) is 9.36 Å². The zero-order valence-electron chi connectivity index (χ0n) is 6.38. The number of carbonyl (C=O) groups excluding carboxylic acids is 1. The van der Waals surface area contributed by atoms with Gasteiger partial charge < -0.3 is 4.89 Å². The van der Waals surface area contributed by atoms with Crippen molar-refractivity contribution in [2.24, 2.45) is 5.50 Å². The lowest BCUT2D eigenvalue weighted by Crippen LogP contribution is -2.42. The van der Waals surface area contributed by atoms with E-state index in [0.717, 1.165) is 0 Å². The van der Waals surface area contributed by atoms with Crippen molar-refractivity contribution in [3.8, 4) is 0 Å². The molecule has 1 heterocycles. The lowest BCUT2D eigenvalue weighted by Gasteiger charge is -2.28. The highest BCUT2D eigenvalue weighted by Gasteiger charge is 2.38. The predicted molar refractivity (Wildman–Crippen MR) is 40.5 cm³/mol. The Labute approximate surface area is 69.4 Å². The quantitative estimate of drug-likeness (QED) is 0.386. The van der Waals surface area contributed by atoms with E-state index in [-0.39, 0.29) is 13.0 Å². The van der Waals surface area contributed by atoms with Crippen molar-refractivity contribution in [2.75, 3.05) is 6.54 Å². The first-order chi connectivity index (χ1) is 5.43. The summed E-state index contributed by atoms with van der Waals surface area (Å²) >= 11 is 0. The van der Waals surface area contributed by atoms with Crippen LogP contribution < -0.4 is 5.50 Å². The van der Waals surface area contributed by atoms with Crippen molar-refractivity contribution in [1.29, 1.82) is 0 Å². The Morgan fingerprint density at radius 2 is 2.25 bits per heavy atom. The molecular formula is C5H11N2O4P. The van der Waals surface area contributed by atoms with Gasteiger partial charge in [-0.1, -0.05) is 0 Å². The highest BCUT2D eigenvalue weighted by atomic mass is 31.2. The number of rotatable bonds is 1. The molecular weight excluding hydrogens is 183 g/mol. The summed E-state index contributed by atoms with van der Waals surface area (Å²) in [5, 5.41) is 9.36. The van der Waals surface area contributed by atoms with Crippen molar-refractivity contribution in [3.05, 3.63) is 0 Å². The van der Waals surface area contributed by atoms with E-state index in [1.54, 1.807) is 0 Å². The van der Waals surface area contributed by atoms with E-state index in [1.165, 1.54) is 0 Å². The molecule has 6 nitrogen and oxygen atoms in total. The van der Waals surface area contributed by atoms with Crippen LogP contribution in [0.3, 0.4) is 0 Å². The molecule has 70 valence electrons. The minimum absolute atomic E-state index is 0.204. The van der Waals surface area contributed by atoms with Crippen LogP contribution in [0.25, 0.3) is 0 Å². The van der Waals surface area contributed by atoms with Crippen LogP contribution in [0.1, 0.15) is 12.8 Å². The predicted octanol–water partition coefficient (Wildman–Crippen LogP) is -0.489. The largest absolute Gasteiger partial charge is 0.333 e. The fourth-order valence-electron chi connectivity index (χ4n) is 1.18. The van der Waals surface area contributed by atoms with Crippen LogP contribution >= 0.6 is 7.52 Å². The SMILES string of the molecule is NP(=O)(O)C1CCCN(O)C1=O. The maximum Gasteiger partial charge on any atom is 0.277 e. The van der Waals surface area contributed by atoms with E-state index in [0.29, 0.717) is 11.5 Å². The Balaban J connectivity index is 2.78. The highest BCUT2D eigenvalue weighted by Crippen LogP contribution is 2.41. The van der Waals surface area contributed by atoms with Gasteiger partial charge >= 0.3 is 0 Å². The van der Waals surface area contributed by atoms with E-state index in [1.807, 2.05) is 0 Å². The number of amides is 1. The van der Waals surface area contributed by atoms with E-state index in [4.69, 9.17) is 15.6 Å². The second kappa shape index (κ2) is 3.14. The van der Waals surface area contributed by atoms with Crippen molar-refractivity contribution in [3.63, 3.8) is 0 Å². The standard InChI is InChI=1S/C5H11N2O4P/c6-12(10,11)4-2-1-3-7(9)5(4)8/h4,9H,1-3H2,(H3,6,10,11). The summed E-state index contributed by atoms with van der Waals surface area (Å²) in [6.45, 7) is 0.204. The van der Waals surface area contributed by atoms with Crippen molar-refractivity contribution in [1.82, 2.24) is 5.06 Å². The first-order valence-electron chi connectivity index (χ1n) is 3.54. The molecule has 1 aliphatic rings. The molecule has 2 unspecified atom stereocenters. The number of piperidine rings is 1. The third-order valence-corrected chi connectivity index (χ3v) is 3.21. The van der Waals surface area contributed by atoms with Gasteiger partial charge in [-0.05, 0) is 12.8 Å². The summed E-state index contributed by atoms with van der Waals surface area (Å²) in [5.41, 5.74) is 3.79. The van der Waals surface area contributed by atoms with Crippen LogP contribution in [0.15, 0.2) is 0 Å². The Morgan fingerprint density at radius 1 is 1.67 bits per heavy atom. The van der Waals surface area contributed by atoms with Crippen LogP contribution in [0.2, 0.25) is 0 Å². The fourth-order valence-corrected chi connectivity index (χ4v) is 2.19. The third kappa shape index (κ3) is 1.84.